The van der Waals surface area contributed by atoms with Crippen molar-refractivity contribution >= 4 is 11.4 Å². The summed E-state index contributed by atoms with van der Waals surface area (Å²) in [7, 11) is 0. The Labute approximate surface area is 156 Å². The Morgan fingerprint density at radius 1 is 1.23 bits per heavy atom. The standard InChI is InChI=1S/C22H31NO3/c1-3-5-7-9-10-16-14-20(25)22(26)21(16)18-13-12-17(15-23-18)19(24)11-8-6-4-2/h7,9,12-13,15-16,19,24,26H,3-6,8,10-11,14H2,1-2H3/b9-7-/t16-,19?/m0/s1. The predicted octanol–water partition coefficient (Wildman–Crippen LogP) is 5.30. The van der Waals surface area contributed by atoms with Crippen LogP contribution in [0.3, 0.4) is 0 Å². The highest BCUT2D eigenvalue weighted by atomic mass is 16.3. The molecule has 142 valence electrons. The number of aliphatic hydroxyl groups excluding tert-OH is 2. The van der Waals surface area contributed by atoms with Crippen LogP contribution in [-0.2, 0) is 4.79 Å². The molecule has 1 aromatic heterocycles. The van der Waals surface area contributed by atoms with Crippen molar-refractivity contribution in [1.29, 1.82) is 0 Å². The summed E-state index contributed by atoms with van der Waals surface area (Å²) in [5, 5.41) is 20.5. The molecule has 1 aromatic rings. The van der Waals surface area contributed by atoms with Gasteiger partial charge in [-0.05, 0) is 30.9 Å². The number of aromatic nitrogens is 1. The summed E-state index contributed by atoms with van der Waals surface area (Å²) in [6.07, 6.45) is 12.5. The minimum atomic E-state index is -0.510. The van der Waals surface area contributed by atoms with Crippen LogP contribution >= 0.6 is 0 Å². The molecular formula is C22H31NO3. The number of carbonyl (C=O) groups is 1. The maximum absolute atomic E-state index is 12.0. The fraction of sp³-hybridized carbons (Fsp3) is 0.545. The molecular weight excluding hydrogens is 326 g/mol. The molecule has 4 heteroatoms. The summed E-state index contributed by atoms with van der Waals surface area (Å²) in [5.74, 6) is -0.384. The first-order valence-electron chi connectivity index (χ1n) is 9.84. The number of hydrogen-bond donors (Lipinski definition) is 2. The van der Waals surface area contributed by atoms with Crippen LogP contribution in [0.25, 0.3) is 5.57 Å². The molecule has 26 heavy (non-hydrogen) atoms. The molecule has 1 heterocycles. The average molecular weight is 357 g/mol. The van der Waals surface area contributed by atoms with E-state index in [1.54, 1.807) is 6.20 Å². The molecule has 0 radical (unpaired) electrons. The first kappa shape index (κ1) is 20.4. The molecule has 0 fully saturated rings. The second-order valence-electron chi connectivity index (χ2n) is 7.07. The molecule has 2 atom stereocenters. The number of allylic oxidation sites excluding steroid dienone is 4. The molecule has 1 unspecified atom stereocenters. The third-order valence-corrected chi connectivity index (χ3v) is 4.93. The van der Waals surface area contributed by atoms with E-state index < -0.39 is 6.10 Å². The Hall–Kier alpha value is -1.94. The molecule has 1 aliphatic rings. The van der Waals surface area contributed by atoms with Gasteiger partial charge >= 0.3 is 0 Å². The molecule has 0 saturated carbocycles. The van der Waals surface area contributed by atoms with Gasteiger partial charge in [-0.25, -0.2) is 0 Å². The van der Waals surface area contributed by atoms with Crippen LogP contribution < -0.4 is 0 Å². The molecule has 2 rings (SSSR count). The number of ketones is 1. The molecule has 0 aromatic carbocycles. The second kappa shape index (κ2) is 10.3. The molecule has 0 amide bonds. The van der Waals surface area contributed by atoms with Gasteiger partial charge < -0.3 is 10.2 Å². The first-order chi connectivity index (χ1) is 12.6. The van der Waals surface area contributed by atoms with E-state index in [1.165, 1.54) is 0 Å². The third kappa shape index (κ3) is 5.28. The van der Waals surface area contributed by atoms with Crippen molar-refractivity contribution in [2.75, 3.05) is 0 Å². The topological polar surface area (TPSA) is 70.4 Å². The molecule has 0 spiro atoms. The normalized spacial score (nSPS) is 18.9. The minimum absolute atomic E-state index is 0.0246. The van der Waals surface area contributed by atoms with Crippen molar-refractivity contribution in [1.82, 2.24) is 4.98 Å². The Bertz CT molecular complexity index is 646. The fourth-order valence-electron chi connectivity index (χ4n) is 3.36. The van der Waals surface area contributed by atoms with Crippen LogP contribution in [-0.4, -0.2) is 21.0 Å². The summed E-state index contributed by atoms with van der Waals surface area (Å²) in [4.78, 5) is 16.4. The summed E-state index contributed by atoms with van der Waals surface area (Å²) in [6.45, 7) is 4.27. The lowest BCUT2D eigenvalue weighted by Gasteiger charge is -2.14. The quantitative estimate of drug-likeness (QED) is 0.440. The van der Waals surface area contributed by atoms with Crippen LogP contribution in [0.5, 0.6) is 0 Å². The van der Waals surface area contributed by atoms with Crippen molar-refractivity contribution in [3.05, 3.63) is 47.5 Å². The number of rotatable bonds is 10. The lowest BCUT2D eigenvalue weighted by Crippen LogP contribution is -2.03. The zero-order valence-corrected chi connectivity index (χ0v) is 15.9. The van der Waals surface area contributed by atoms with E-state index in [4.69, 9.17) is 0 Å². The van der Waals surface area contributed by atoms with Crippen molar-refractivity contribution in [3.63, 3.8) is 0 Å². The van der Waals surface area contributed by atoms with Gasteiger partial charge in [0.15, 0.2) is 11.5 Å². The van der Waals surface area contributed by atoms with Crippen molar-refractivity contribution in [2.24, 2.45) is 5.92 Å². The van der Waals surface area contributed by atoms with Gasteiger partial charge in [-0.1, -0.05) is 57.7 Å². The Kier molecular flexibility index (Phi) is 8.05. The second-order valence-corrected chi connectivity index (χ2v) is 7.07. The number of hydrogen-bond acceptors (Lipinski definition) is 4. The predicted molar refractivity (Wildman–Crippen MR) is 105 cm³/mol. The summed E-state index contributed by atoms with van der Waals surface area (Å²) < 4.78 is 0. The Morgan fingerprint density at radius 3 is 2.69 bits per heavy atom. The van der Waals surface area contributed by atoms with Crippen LogP contribution in [0, 0.1) is 5.92 Å². The fourth-order valence-corrected chi connectivity index (χ4v) is 3.36. The van der Waals surface area contributed by atoms with E-state index in [-0.39, 0.29) is 17.5 Å². The van der Waals surface area contributed by atoms with Crippen LogP contribution in [0.1, 0.15) is 82.6 Å². The van der Waals surface area contributed by atoms with Gasteiger partial charge in [0, 0.05) is 24.1 Å². The van der Waals surface area contributed by atoms with Crippen LogP contribution in [0.4, 0.5) is 0 Å². The smallest absolute Gasteiger partial charge is 0.198 e. The van der Waals surface area contributed by atoms with E-state index in [0.29, 0.717) is 17.7 Å². The van der Waals surface area contributed by atoms with Crippen molar-refractivity contribution < 1.29 is 15.0 Å². The highest BCUT2D eigenvalue weighted by Gasteiger charge is 2.33. The van der Waals surface area contributed by atoms with Gasteiger partial charge in [0.1, 0.15) is 0 Å². The van der Waals surface area contributed by atoms with Gasteiger partial charge in [-0.2, -0.15) is 0 Å². The maximum atomic E-state index is 12.0. The SMILES string of the molecule is CCC/C=C\C[C@H]1CC(=O)C(O)=C1c1ccc(C(O)CCCCC)cn1. The Balaban J connectivity index is 2.10. The molecule has 0 saturated heterocycles. The van der Waals surface area contributed by atoms with Gasteiger partial charge in [-0.3, -0.25) is 9.78 Å². The number of unbranched alkanes of at least 4 members (excludes halogenated alkanes) is 3. The number of Topliss-reactive ketones (excluding diaryl/α,β-unsaturated/α-hetero) is 1. The van der Waals surface area contributed by atoms with E-state index >= 15 is 0 Å². The van der Waals surface area contributed by atoms with Crippen molar-refractivity contribution in [3.8, 4) is 0 Å². The molecule has 0 bridgehead atoms. The maximum Gasteiger partial charge on any atom is 0.198 e. The summed E-state index contributed by atoms with van der Waals surface area (Å²) >= 11 is 0. The van der Waals surface area contributed by atoms with Crippen molar-refractivity contribution in [2.45, 2.75) is 71.3 Å². The highest BCUT2D eigenvalue weighted by molar-refractivity contribution is 6.05. The average Bonchev–Trinajstić information content (AvgIpc) is 2.93. The van der Waals surface area contributed by atoms with Crippen LogP contribution in [0.15, 0.2) is 36.2 Å². The van der Waals surface area contributed by atoms with Gasteiger partial charge in [-0.15, -0.1) is 0 Å². The number of nitrogens with zero attached hydrogens (tertiary/aromatic N) is 1. The molecule has 2 N–H and O–H groups in total. The lowest BCUT2D eigenvalue weighted by atomic mass is 9.94. The zero-order valence-electron chi connectivity index (χ0n) is 15.9. The molecule has 1 aliphatic carbocycles. The van der Waals surface area contributed by atoms with Gasteiger partial charge in [0.25, 0.3) is 0 Å². The highest BCUT2D eigenvalue weighted by Crippen LogP contribution is 2.37. The largest absolute Gasteiger partial charge is 0.504 e. The molecule has 0 aliphatic heterocycles. The molecule has 4 nitrogen and oxygen atoms in total. The Morgan fingerprint density at radius 2 is 2.04 bits per heavy atom. The number of carbonyl (C=O) groups excluding carboxylic acids is 1. The minimum Gasteiger partial charge on any atom is -0.504 e. The lowest BCUT2D eigenvalue weighted by molar-refractivity contribution is -0.117. The van der Waals surface area contributed by atoms with Gasteiger partial charge in [0.05, 0.1) is 11.8 Å². The van der Waals surface area contributed by atoms with Gasteiger partial charge in [0.2, 0.25) is 0 Å². The number of aliphatic hydroxyl groups is 2. The third-order valence-electron chi connectivity index (χ3n) is 4.93. The summed E-state index contributed by atoms with van der Waals surface area (Å²) in [5.41, 5.74) is 2.06. The van der Waals surface area contributed by atoms with Crippen LogP contribution in [0.2, 0.25) is 0 Å². The van der Waals surface area contributed by atoms with E-state index in [9.17, 15) is 15.0 Å². The number of pyridine rings is 1. The van der Waals surface area contributed by atoms with E-state index in [0.717, 1.165) is 50.5 Å². The monoisotopic (exact) mass is 357 g/mol. The zero-order chi connectivity index (χ0) is 18.9. The van der Waals surface area contributed by atoms with E-state index in [2.05, 4.69) is 31.0 Å². The van der Waals surface area contributed by atoms with E-state index in [1.807, 2.05) is 12.1 Å². The first-order valence-corrected chi connectivity index (χ1v) is 9.84. The summed E-state index contributed by atoms with van der Waals surface area (Å²) in [6, 6.07) is 3.66.